The number of carbonyl (C=O) groups excluding carboxylic acids is 1. The first-order valence-electron chi connectivity index (χ1n) is 12.2. The van der Waals surface area contributed by atoms with Crippen LogP contribution >= 0.6 is 0 Å². The van der Waals surface area contributed by atoms with Gasteiger partial charge in [-0.25, -0.2) is 0 Å². The summed E-state index contributed by atoms with van der Waals surface area (Å²) < 4.78 is 0. The molecule has 0 saturated heterocycles. The van der Waals surface area contributed by atoms with Crippen LogP contribution in [0.25, 0.3) is 0 Å². The van der Waals surface area contributed by atoms with Crippen LogP contribution in [0.3, 0.4) is 0 Å². The molecular weight excluding hydrogens is 428 g/mol. The Morgan fingerprint density at radius 1 is 0.912 bits per heavy atom. The summed E-state index contributed by atoms with van der Waals surface area (Å²) in [5.74, 6) is -0.160. The Morgan fingerprint density at radius 3 is 2.03 bits per heavy atom. The second-order valence-corrected chi connectivity index (χ2v) is 10.3. The van der Waals surface area contributed by atoms with Gasteiger partial charge in [0, 0.05) is 30.6 Å². The van der Waals surface area contributed by atoms with Crippen LogP contribution < -0.4 is 10.6 Å². The van der Waals surface area contributed by atoms with Gasteiger partial charge in [-0.2, -0.15) is 0 Å². The summed E-state index contributed by atoms with van der Waals surface area (Å²) in [6.07, 6.45) is 1.39. The Bertz CT molecular complexity index is 941. The number of pyridine rings is 2. The number of hydrogen-bond acceptors (Lipinski definition) is 6. The van der Waals surface area contributed by atoms with Crippen LogP contribution in [-0.4, -0.2) is 38.7 Å². The van der Waals surface area contributed by atoms with Crippen molar-refractivity contribution in [3.05, 3.63) is 59.2 Å². The van der Waals surface area contributed by atoms with E-state index in [0.29, 0.717) is 36.0 Å². The number of nitrogens with one attached hydrogen (secondary N) is 2. The topological polar surface area (TPSA) is 107 Å². The van der Waals surface area contributed by atoms with Crippen LogP contribution in [0.15, 0.2) is 36.4 Å². The second kappa shape index (κ2) is 11.9. The minimum absolute atomic E-state index is 0.0442. The highest BCUT2D eigenvalue weighted by Crippen LogP contribution is 2.32. The van der Waals surface area contributed by atoms with Gasteiger partial charge in [0.2, 0.25) is 5.91 Å². The predicted octanol–water partition coefficient (Wildman–Crippen LogP) is 3.75. The third kappa shape index (κ3) is 8.15. The monoisotopic (exact) mass is 470 g/mol. The fraction of sp³-hybridized carbons (Fsp3) is 0.593. The Hall–Kier alpha value is -2.35. The molecule has 0 radical (unpaired) electrons. The molecule has 2 aromatic heterocycles. The van der Waals surface area contributed by atoms with E-state index in [9.17, 15) is 15.0 Å². The second-order valence-electron chi connectivity index (χ2n) is 10.3. The molecule has 34 heavy (non-hydrogen) atoms. The molecule has 2 heterocycles. The number of amides is 1. The zero-order valence-electron chi connectivity index (χ0n) is 21.7. The molecular formula is C27H42N4O3. The zero-order chi connectivity index (χ0) is 25.5. The summed E-state index contributed by atoms with van der Waals surface area (Å²) in [5.41, 5.74) is 0.264. The van der Waals surface area contributed by atoms with E-state index in [-0.39, 0.29) is 17.9 Å². The SMILES string of the molecule is CC(C)NCCc1cccc(C(C)(O)CCC(C)(O)c2cccc(C(C)NC(=O)C(C)C)n2)n1. The van der Waals surface area contributed by atoms with Gasteiger partial charge >= 0.3 is 0 Å². The van der Waals surface area contributed by atoms with Crippen molar-refractivity contribution in [2.45, 2.75) is 91.0 Å². The van der Waals surface area contributed by atoms with Gasteiger partial charge in [-0.3, -0.25) is 14.8 Å². The summed E-state index contributed by atoms with van der Waals surface area (Å²) in [5, 5.41) is 28.7. The molecule has 0 aromatic carbocycles. The van der Waals surface area contributed by atoms with Crippen molar-refractivity contribution in [3.8, 4) is 0 Å². The van der Waals surface area contributed by atoms with Crippen LogP contribution in [0.2, 0.25) is 0 Å². The smallest absolute Gasteiger partial charge is 0.223 e. The lowest BCUT2D eigenvalue weighted by Crippen LogP contribution is -2.32. The average molecular weight is 471 g/mol. The van der Waals surface area contributed by atoms with Crippen LogP contribution in [0.5, 0.6) is 0 Å². The summed E-state index contributed by atoms with van der Waals surface area (Å²) >= 11 is 0. The molecule has 0 fully saturated rings. The molecule has 188 valence electrons. The fourth-order valence-electron chi connectivity index (χ4n) is 3.60. The number of aliphatic hydroxyl groups is 2. The molecule has 3 atom stereocenters. The predicted molar refractivity (Wildman–Crippen MR) is 135 cm³/mol. The standard InChI is InChI=1S/C27H42N4O3/c1-18(2)25(32)29-20(5)22-11-9-13-24(31-22)27(7,34)16-15-26(6,33)23-12-8-10-21(30-23)14-17-28-19(3)4/h8-13,18-20,28,33-34H,14-17H2,1-7H3,(H,29,32). The first-order valence-corrected chi connectivity index (χ1v) is 12.2. The Morgan fingerprint density at radius 2 is 1.47 bits per heavy atom. The molecule has 0 bridgehead atoms. The highest BCUT2D eigenvalue weighted by atomic mass is 16.3. The highest BCUT2D eigenvalue weighted by Gasteiger charge is 2.32. The van der Waals surface area contributed by atoms with Gasteiger partial charge < -0.3 is 20.8 Å². The Labute approximate surface area is 204 Å². The van der Waals surface area contributed by atoms with Crippen LogP contribution in [0, 0.1) is 5.92 Å². The molecule has 7 heteroatoms. The van der Waals surface area contributed by atoms with E-state index in [1.165, 1.54) is 0 Å². The van der Waals surface area contributed by atoms with Crippen molar-refractivity contribution < 1.29 is 15.0 Å². The van der Waals surface area contributed by atoms with Crippen molar-refractivity contribution in [3.63, 3.8) is 0 Å². The van der Waals surface area contributed by atoms with E-state index in [0.717, 1.165) is 18.7 Å². The Kier molecular flexibility index (Phi) is 9.74. The molecule has 2 rings (SSSR count). The lowest BCUT2D eigenvalue weighted by atomic mass is 9.87. The lowest BCUT2D eigenvalue weighted by Gasteiger charge is -2.29. The first-order chi connectivity index (χ1) is 15.8. The molecule has 3 unspecified atom stereocenters. The van der Waals surface area contributed by atoms with Gasteiger partial charge in [0.15, 0.2) is 0 Å². The fourth-order valence-corrected chi connectivity index (χ4v) is 3.60. The minimum Gasteiger partial charge on any atom is -0.384 e. The van der Waals surface area contributed by atoms with Gasteiger partial charge in [0.1, 0.15) is 11.2 Å². The van der Waals surface area contributed by atoms with Crippen molar-refractivity contribution in [2.24, 2.45) is 5.92 Å². The molecule has 2 aromatic rings. The van der Waals surface area contributed by atoms with Crippen molar-refractivity contribution >= 4 is 5.91 Å². The third-order valence-corrected chi connectivity index (χ3v) is 6.04. The lowest BCUT2D eigenvalue weighted by molar-refractivity contribution is -0.124. The van der Waals surface area contributed by atoms with E-state index in [1.54, 1.807) is 19.9 Å². The Balaban J connectivity index is 2.08. The van der Waals surface area contributed by atoms with E-state index >= 15 is 0 Å². The number of carbonyl (C=O) groups is 1. The van der Waals surface area contributed by atoms with Gasteiger partial charge in [0.05, 0.1) is 23.1 Å². The van der Waals surface area contributed by atoms with Crippen LogP contribution in [0.4, 0.5) is 0 Å². The maximum atomic E-state index is 12.0. The molecule has 0 saturated carbocycles. The van der Waals surface area contributed by atoms with Crippen molar-refractivity contribution in [1.29, 1.82) is 0 Å². The largest absolute Gasteiger partial charge is 0.384 e. The quantitative estimate of drug-likeness (QED) is 0.376. The van der Waals surface area contributed by atoms with E-state index in [2.05, 4.69) is 34.4 Å². The van der Waals surface area contributed by atoms with Gasteiger partial charge in [-0.15, -0.1) is 0 Å². The molecule has 0 spiro atoms. The van der Waals surface area contributed by atoms with Gasteiger partial charge in [0.25, 0.3) is 0 Å². The molecule has 1 amide bonds. The number of hydrogen-bond donors (Lipinski definition) is 4. The van der Waals surface area contributed by atoms with Gasteiger partial charge in [-0.05, 0) is 57.9 Å². The maximum absolute atomic E-state index is 12.0. The van der Waals surface area contributed by atoms with Crippen molar-refractivity contribution in [2.75, 3.05) is 6.54 Å². The molecule has 4 N–H and O–H groups in total. The summed E-state index contributed by atoms with van der Waals surface area (Å²) in [4.78, 5) is 21.3. The maximum Gasteiger partial charge on any atom is 0.223 e. The number of rotatable bonds is 12. The van der Waals surface area contributed by atoms with Gasteiger partial charge in [-0.1, -0.05) is 39.8 Å². The third-order valence-electron chi connectivity index (χ3n) is 6.04. The number of nitrogens with zero attached hydrogens (tertiary/aromatic N) is 2. The first kappa shape index (κ1) is 27.9. The molecule has 7 nitrogen and oxygen atoms in total. The van der Waals surface area contributed by atoms with E-state index < -0.39 is 11.2 Å². The highest BCUT2D eigenvalue weighted by molar-refractivity contribution is 5.78. The molecule has 0 aliphatic carbocycles. The summed E-state index contributed by atoms with van der Waals surface area (Å²) in [6.45, 7) is 14.0. The average Bonchev–Trinajstić information content (AvgIpc) is 2.78. The van der Waals surface area contributed by atoms with E-state index in [1.807, 2.05) is 51.1 Å². The summed E-state index contributed by atoms with van der Waals surface area (Å²) in [7, 11) is 0. The van der Waals surface area contributed by atoms with Crippen LogP contribution in [-0.2, 0) is 22.4 Å². The normalized spacial score (nSPS) is 16.2. The number of aromatic nitrogens is 2. The van der Waals surface area contributed by atoms with Crippen molar-refractivity contribution in [1.82, 2.24) is 20.6 Å². The van der Waals surface area contributed by atoms with Crippen LogP contribution in [0.1, 0.15) is 90.1 Å². The minimum atomic E-state index is -1.25. The molecule has 0 aliphatic rings. The molecule has 0 aliphatic heterocycles. The summed E-state index contributed by atoms with van der Waals surface area (Å²) in [6, 6.07) is 11.3. The zero-order valence-corrected chi connectivity index (χ0v) is 21.7. The van der Waals surface area contributed by atoms with E-state index in [4.69, 9.17) is 0 Å².